The molecule has 7 heteroatoms. The van der Waals surface area contributed by atoms with E-state index in [-0.39, 0.29) is 4.90 Å². The van der Waals surface area contributed by atoms with Crippen molar-refractivity contribution in [3.63, 3.8) is 0 Å². The van der Waals surface area contributed by atoms with E-state index in [1.165, 1.54) is 12.1 Å². The number of hydrogen-bond acceptors (Lipinski definition) is 3. The molecule has 1 N–H and O–H groups in total. The summed E-state index contributed by atoms with van der Waals surface area (Å²) < 4.78 is 29.6. The van der Waals surface area contributed by atoms with Crippen molar-refractivity contribution < 1.29 is 8.42 Å². The third-order valence-corrected chi connectivity index (χ3v) is 6.50. The Bertz CT molecular complexity index is 1250. The zero-order chi connectivity index (χ0) is 20.4. The normalized spacial score (nSPS) is 11.7. The lowest BCUT2D eigenvalue weighted by Gasteiger charge is -2.09. The number of sulfonamides is 1. The fraction of sp³-hybridized carbons (Fsp3) is 0.136. The molecule has 0 saturated heterocycles. The molecular weight excluding hydrogens is 406 g/mol. The summed E-state index contributed by atoms with van der Waals surface area (Å²) in [4.78, 5) is 4.87. The van der Waals surface area contributed by atoms with Crippen LogP contribution in [0.5, 0.6) is 0 Å². The second-order valence-electron chi connectivity index (χ2n) is 6.83. The summed E-state index contributed by atoms with van der Waals surface area (Å²) in [7, 11) is -1.61. The number of benzene rings is 3. The highest BCUT2D eigenvalue weighted by Gasteiger charge is 2.14. The maximum absolute atomic E-state index is 12.5. The molecule has 0 bridgehead atoms. The van der Waals surface area contributed by atoms with E-state index in [2.05, 4.69) is 15.4 Å². The summed E-state index contributed by atoms with van der Waals surface area (Å²) in [6, 6.07) is 21.6. The van der Waals surface area contributed by atoms with E-state index >= 15 is 0 Å². The van der Waals surface area contributed by atoms with Gasteiger partial charge >= 0.3 is 0 Å². The lowest BCUT2D eigenvalue weighted by atomic mass is 10.1. The average molecular weight is 426 g/mol. The molecule has 0 fully saturated rings. The van der Waals surface area contributed by atoms with Gasteiger partial charge in [0.1, 0.15) is 5.82 Å². The molecule has 0 spiro atoms. The molecule has 0 aliphatic carbocycles. The first kappa shape index (κ1) is 19.5. The molecule has 148 valence electrons. The quantitative estimate of drug-likeness (QED) is 0.482. The van der Waals surface area contributed by atoms with Gasteiger partial charge in [0.25, 0.3) is 10.0 Å². The van der Waals surface area contributed by atoms with Gasteiger partial charge in [0.15, 0.2) is 0 Å². The molecule has 3 aromatic carbocycles. The van der Waals surface area contributed by atoms with Crippen LogP contribution in [0.4, 0.5) is 5.69 Å². The number of anilines is 1. The van der Waals surface area contributed by atoms with Gasteiger partial charge in [-0.05, 0) is 60.5 Å². The van der Waals surface area contributed by atoms with Crippen molar-refractivity contribution in [1.29, 1.82) is 0 Å². The molecule has 29 heavy (non-hydrogen) atoms. The van der Waals surface area contributed by atoms with Crippen LogP contribution in [0.2, 0.25) is 5.02 Å². The number of aromatic nitrogens is 2. The first-order valence-corrected chi connectivity index (χ1v) is 11.1. The molecule has 5 nitrogen and oxygen atoms in total. The number of hydrogen-bond donors (Lipinski definition) is 1. The van der Waals surface area contributed by atoms with Crippen LogP contribution in [-0.2, 0) is 29.9 Å². The summed E-state index contributed by atoms with van der Waals surface area (Å²) >= 11 is 5.82. The number of nitrogens with one attached hydrogen (secondary N) is 1. The number of halogens is 1. The minimum atomic E-state index is -3.64. The largest absolute Gasteiger partial charge is 0.331 e. The summed E-state index contributed by atoms with van der Waals surface area (Å²) in [5.74, 6) is 1.03. The number of rotatable bonds is 6. The van der Waals surface area contributed by atoms with Crippen molar-refractivity contribution in [2.45, 2.75) is 17.7 Å². The highest BCUT2D eigenvalue weighted by molar-refractivity contribution is 7.92. The molecule has 4 rings (SSSR count). The molecular formula is C22H20ClN3O2S. The van der Waals surface area contributed by atoms with E-state index in [9.17, 15) is 8.42 Å². The van der Waals surface area contributed by atoms with E-state index in [0.29, 0.717) is 10.7 Å². The van der Waals surface area contributed by atoms with E-state index in [4.69, 9.17) is 16.6 Å². The predicted molar refractivity (Wildman–Crippen MR) is 117 cm³/mol. The van der Waals surface area contributed by atoms with E-state index in [0.717, 1.165) is 35.3 Å². The van der Waals surface area contributed by atoms with Gasteiger partial charge in [-0.25, -0.2) is 13.4 Å². The predicted octanol–water partition coefficient (Wildman–Crippen LogP) is 4.81. The van der Waals surface area contributed by atoms with Crippen molar-refractivity contribution in [3.8, 4) is 0 Å². The van der Waals surface area contributed by atoms with E-state index in [1.807, 2.05) is 37.4 Å². The Morgan fingerprint density at radius 2 is 1.62 bits per heavy atom. The molecule has 0 unspecified atom stereocenters. The van der Waals surface area contributed by atoms with Gasteiger partial charge in [0.05, 0.1) is 15.9 Å². The van der Waals surface area contributed by atoms with Crippen molar-refractivity contribution in [3.05, 3.63) is 89.2 Å². The Morgan fingerprint density at radius 3 is 2.31 bits per heavy atom. The molecule has 0 radical (unpaired) electrons. The van der Waals surface area contributed by atoms with Gasteiger partial charge in [-0.15, -0.1) is 0 Å². The molecule has 1 aromatic heterocycles. The summed E-state index contributed by atoms with van der Waals surface area (Å²) in [5.41, 5.74) is 3.75. The number of fused-ring (bicyclic) bond motifs is 1. The van der Waals surface area contributed by atoms with Gasteiger partial charge in [0.2, 0.25) is 0 Å². The summed E-state index contributed by atoms with van der Waals surface area (Å²) in [6.45, 7) is 0. The van der Waals surface area contributed by atoms with Crippen molar-refractivity contribution in [1.82, 2.24) is 9.55 Å². The second kappa shape index (κ2) is 7.89. The Labute approximate surface area is 175 Å². The second-order valence-corrected chi connectivity index (χ2v) is 8.95. The Morgan fingerprint density at radius 1 is 0.931 bits per heavy atom. The van der Waals surface area contributed by atoms with E-state index < -0.39 is 10.0 Å². The number of aryl methyl sites for hydroxylation is 3. The first-order chi connectivity index (χ1) is 13.9. The highest BCUT2D eigenvalue weighted by atomic mass is 35.5. The molecule has 0 aliphatic rings. The average Bonchev–Trinajstić information content (AvgIpc) is 3.03. The first-order valence-electron chi connectivity index (χ1n) is 9.20. The van der Waals surface area contributed by atoms with Gasteiger partial charge in [-0.3, -0.25) is 4.72 Å². The minimum Gasteiger partial charge on any atom is -0.331 e. The van der Waals surface area contributed by atoms with Crippen molar-refractivity contribution in [2.24, 2.45) is 7.05 Å². The van der Waals surface area contributed by atoms with Crippen LogP contribution < -0.4 is 4.72 Å². The van der Waals surface area contributed by atoms with Crippen molar-refractivity contribution in [2.75, 3.05) is 4.72 Å². The maximum atomic E-state index is 12.5. The van der Waals surface area contributed by atoms with Crippen molar-refractivity contribution >= 4 is 38.3 Å². The highest BCUT2D eigenvalue weighted by Crippen LogP contribution is 2.20. The molecule has 0 saturated carbocycles. The van der Waals surface area contributed by atoms with Crippen LogP contribution in [0.1, 0.15) is 11.4 Å². The van der Waals surface area contributed by atoms with Gasteiger partial charge < -0.3 is 4.57 Å². The monoisotopic (exact) mass is 425 g/mol. The molecule has 0 atom stereocenters. The lowest BCUT2D eigenvalue weighted by Crippen LogP contribution is -2.12. The lowest BCUT2D eigenvalue weighted by molar-refractivity contribution is 0.601. The van der Waals surface area contributed by atoms with Gasteiger partial charge in [-0.2, -0.15) is 0 Å². The summed E-state index contributed by atoms with van der Waals surface area (Å²) in [6.07, 6.45) is 1.63. The third-order valence-electron chi connectivity index (χ3n) is 4.85. The van der Waals surface area contributed by atoms with Gasteiger partial charge in [0, 0.05) is 24.2 Å². The Hall–Kier alpha value is -2.83. The van der Waals surface area contributed by atoms with E-state index in [1.54, 1.807) is 24.3 Å². The summed E-state index contributed by atoms with van der Waals surface area (Å²) in [5, 5.41) is 0.494. The fourth-order valence-electron chi connectivity index (χ4n) is 3.24. The smallest absolute Gasteiger partial charge is 0.261 e. The minimum absolute atomic E-state index is 0.174. The number of imidazole rings is 1. The molecule has 4 aromatic rings. The van der Waals surface area contributed by atoms with Crippen LogP contribution in [0, 0.1) is 0 Å². The number of para-hydroxylation sites is 2. The van der Waals surface area contributed by atoms with Crippen LogP contribution >= 0.6 is 11.6 Å². The molecule has 0 amide bonds. The van der Waals surface area contributed by atoms with Crippen LogP contribution in [-0.4, -0.2) is 18.0 Å². The SMILES string of the molecule is Cn1c(CCc2ccc(NS(=O)(=O)c3ccc(Cl)cc3)cc2)nc2ccccc21. The zero-order valence-corrected chi connectivity index (χ0v) is 17.4. The molecule has 0 aliphatic heterocycles. The number of nitrogens with zero attached hydrogens (tertiary/aromatic N) is 2. The standard InChI is InChI=1S/C22H20ClN3O2S/c1-26-21-5-3-2-4-20(21)24-22(26)15-8-16-6-11-18(12-7-16)25-29(27,28)19-13-9-17(23)10-14-19/h2-7,9-14,25H,8,15H2,1H3. The van der Waals surface area contributed by atoms with Crippen LogP contribution in [0.25, 0.3) is 11.0 Å². The van der Waals surface area contributed by atoms with Gasteiger partial charge in [-0.1, -0.05) is 35.9 Å². The topological polar surface area (TPSA) is 64.0 Å². The zero-order valence-electron chi connectivity index (χ0n) is 15.8. The Kier molecular flexibility index (Phi) is 5.30. The molecule has 1 heterocycles. The Balaban J connectivity index is 1.43. The third kappa shape index (κ3) is 4.28. The fourth-order valence-corrected chi connectivity index (χ4v) is 4.43. The van der Waals surface area contributed by atoms with Crippen LogP contribution in [0.15, 0.2) is 77.7 Å². The maximum Gasteiger partial charge on any atom is 0.261 e. The van der Waals surface area contributed by atoms with Crippen LogP contribution in [0.3, 0.4) is 0 Å².